The first-order valence-corrected chi connectivity index (χ1v) is 33.4. The van der Waals surface area contributed by atoms with Gasteiger partial charge in [-0.05, 0) is 176 Å². The van der Waals surface area contributed by atoms with Crippen molar-refractivity contribution in [3.63, 3.8) is 0 Å². The number of anilines is 6. The lowest BCUT2D eigenvalue weighted by Crippen LogP contribution is -2.61. The zero-order chi connectivity index (χ0) is 60.8. The lowest BCUT2D eigenvalue weighted by Gasteiger charge is -2.46. The second-order valence-electron chi connectivity index (χ2n) is 24.9. The fourth-order valence-electron chi connectivity index (χ4n) is 14.4. The van der Waals surface area contributed by atoms with Gasteiger partial charge in [-0.25, -0.2) is 0 Å². The molecule has 3 heteroatoms. The van der Waals surface area contributed by atoms with E-state index in [1.807, 2.05) is 0 Å². The molecule has 12 aromatic rings. The van der Waals surface area contributed by atoms with E-state index in [0.29, 0.717) is 0 Å². The fraction of sp³-hybridized carbons (Fsp3) is 0.172. The molecule has 0 aromatic heterocycles. The van der Waals surface area contributed by atoms with E-state index in [1.54, 1.807) is 0 Å². The van der Waals surface area contributed by atoms with Crippen molar-refractivity contribution < 1.29 is 0 Å². The molecule has 90 heavy (non-hydrogen) atoms. The minimum Gasteiger partial charge on any atom is -0.310 e. The van der Waals surface area contributed by atoms with Crippen molar-refractivity contribution in [1.82, 2.24) is 0 Å². The molecular weight excluding hydrogens is 1080 g/mol. The molecule has 14 rings (SSSR count). The van der Waals surface area contributed by atoms with Crippen LogP contribution in [-0.4, -0.2) is 6.71 Å². The SMILES string of the molecule is CCCCCc1cccc(-c2ccc3c(c2)B2c4cc(CCCCC)ccc4N(c4c(-c5ccccc5)cc(-c5ccccc5)cc4-c4ccccc4)c4cc(CCCCC)cc(c42)N3c2c(-c3ccccc3)cc(-c3ccccc3)cc2-c2ccccc2)c1. The lowest BCUT2D eigenvalue weighted by molar-refractivity contribution is 0.717. The van der Waals surface area contributed by atoms with Gasteiger partial charge in [-0.3, -0.25) is 0 Å². The van der Waals surface area contributed by atoms with Crippen molar-refractivity contribution in [2.45, 2.75) is 97.8 Å². The molecule has 0 N–H and O–H groups in total. The van der Waals surface area contributed by atoms with Crippen LogP contribution in [0.4, 0.5) is 34.1 Å². The van der Waals surface area contributed by atoms with Crippen molar-refractivity contribution in [1.29, 1.82) is 0 Å². The van der Waals surface area contributed by atoms with Crippen molar-refractivity contribution in [2.75, 3.05) is 9.80 Å². The maximum atomic E-state index is 2.74. The number of unbranched alkanes of at least 4 members (excludes halogenated alkanes) is 6. The average molecular weight is 1160 g/mol. The largest absolute Gasteiger partial charge is 0.310 e. The second-order valence-corrected chi connectivity index (χ2v) is 24.9. The summed E-state index contributed by atoms with van der Waals surface area (Å²) < 4.78 is 0. The number of hydrogen-bond acceptors (Lipinski definition) is 2. The molecule has 0 aliphatic carbocycles. The minimum atomic E-state index is -0.108. The highest BCUT2D eigenvalue weighted by molar-refractivity contribution is 7.00. The van der Waals surface area contributed by atoms with Crippen LogP contribution in [-0.2, 0) is 19.3 Å². The minimum absolute atomic E-state index is 0.108. The third kappa shape index (κ3) is 11.5. The van der Waals surface area contributed by atoms with Gasteiger partial charge in [-0.1, -0.05) is 290 Å². The van der Waals surface area contributed by atoms with Gasteiger partial charge >= 0.3 is 0 Å². The zero-order valence-corrected chi connectivity index (χ0v) is 52.5. The number of benzene rings is 12. The van der Waals surface area contributed by atoms with Gasteiger partial charge in [-0.15, -0.1) is 0 Å². The van der Waals surface area contributed by atoms with Crippen LogP contribution in [0.3, 0.4) is 0 Å². The Hall–Kier alpha value is -9.70. The van der Waals surface area contributed by atoms with E-state index in [1.165, 1.54) is 177 Å². The van der Waals surface area contributed by atoms with E-state index < -0.39 is 0 Å². The van der Waals surface area contributed by atoms with Crippen LogP contribution in [0.15, 0.2) is 279 Å². The Kier molecular flexibility index (Phi) is 17.1. The van der Waals surface area contributed by atoms with Crippen LogP contribution in [0.2, 0.25) is 0 Å². The second kappa shape index (κ2) is 26.6. The predicted octanol–water partition coefficient (Wildman–Crippen LogP) is 22.6. The molecular formula is C87H79BN2. The Morgan fingerprint density at radius 3 is 1.00 bits per heavy atom. The van der Waals surface area contributed by atoms with Crippen LogP contribution < -0.4 is 26.2 Å². The highest BCUT2D eigenvalue weighted by atomic mass is 15.2. The quantitative estimate of drug-likeness (QED) is 0.0523. The third-order valence-corrected chi connectivity index (χ3v) is 18.9. The Morgan fingerprint density at radius 1 is 0.244 bits per heavy atom. The van der Waals surface area contributed by atoms with Gasteiger partial charge in [0.1, 0.15) is 0 Å². The van der Waals surface area contributed by atoms with Gasteiger partial charge in [0.25, 0.3) is 6.71 Å². The molecule has 0 saturated heterocycles. The number of rotatable bonds is 21. The molecule has 0 bridgehead atoms. The molecule has 2 aliphatic heterocycles. The predicted molar refractivity (Wildman–Crippen MR) is 388 cm³/mol. The molecule has 0 unspecified atom stereocenters. The zero-order valence-electron chi connectivity index (χ0n) is 52.5. The third-order valence-electron chi connectivity index (χ3n) is 18.9. The van der Waals surface area contributed by atoms with Crippen LogP contribution in [0.1, 0.15) is 95.2 Å². The monoisotopic (exact) mass is 1160 g/mol. The standard InChI is InChI=1S/C87H79BN2/c1-4-7-16-32-62-35-31-48-71(53-62)72-50-52-82-80(61-72)88-79-54-63(33-17-8-5-2)49-51-81(79)89(86-75(67-40-23-12-24-41-67)57-73(65-36-19-10-20-37-65)58-76(86)68-42-25-13-26-43-68)83-55-64(34-18-9-6-3)56-84(85(83)88)90(82)87-77(69-44-27-14-28-45-69)59-74(66-38-21-11-22-39-66)60-78(87)70-46-29-15-30-47-70/h10-15,19-31,35-61H,4-9,16-18,32-34H2,1-3H3. The van der Waals surface area contributed by atoms with Gasteiger partial charge in [-0.2, -0.15) is 0 Å². The molecule has 0 amide bonds. The number of fused-ring (bicyclic) bond motifs is 4. The lowest BCUT2D eigenvalue weighted by atomic mass is 9.33. The van der Waals surface area contributed by atoms with E-state index in [2.05, 4.69) is 310 Å². The molecule has 440 valence electrons. The molecule has 12 aromatic carbocycles. The first-order valence-electron chi connectivity index (χ1n) is 33.4. The van der Waals surface area contributed by atoms with Crippen molar-refractivity contribution >= 4 is 57.2 Å². The summed E-state index contributed by atoms with van der Waals surface area (Å²) in [6.45, 7) is 6.85. The smallest absolute Gasteiger partial charge is 0.252 e. The van der Waals surface area contributed by atoms with E-state index >= 15 is 0 Å². The maximum absolute atomic E-state index is 2.74. The van der Waals surface area contributed by atoms with Gasteiger partial charge in [0.2, 0.25) is 0 Å². The van der Waals surface area contributed by atoms with Crippen LogP contribution in [0.5, 0.6) is 0 Å². The first-order chi connectivity index (χ1) is 44.5. The molecule has 0 fully saturated rings. The van der Waals surface area contributed by atoms with Gasteiger partial charge < -0.3 is 9.80 Å². The molecule has 2 nitrogen and oxygen atoms in total. The van der Waals surface area contributed by atoms with E-state index in [4.69, 9.17) is 0 Å². The summed E-state index contributed by atoms with van der Waals surface area (Å²) in [5, 5.41) is 0. The van der Waals surface area contributed by atoms with Crippen LogP contribution >= 0.6 is 0 Å². The molecule has 0 spiro atoms. The summed E-state index contributed by atoms with van der Waals surface area (Å²) in [6.07, 6.45) is 13.6. The number of hydrogen-bond donors (Lipinski definition) is 0. The van der Waals surface area contributed by atoms with Crippen LogP contribution in [0, 0.1) is 0 Å². The van der Waals surface area contributed by atoms with Crippen LogP contribution in [0.25, 0.3) is 77.9 Å². The summed E-state index contributed by atoms with van der Waals surface area (Å²) in [7, 11) is 0. The topological polar surface area (TPSA) is 6.48 Å². The summed E-state index contributed by atoms with van der Waals surface area (Å²) in [5.74, 6) is 0. The Labute approximate surface area is 535 Å². The first kappa shape index (κ1) is 58.0. The maximum Gasteiger partial charge on any atom is 0.252 e. The molecule has 0 saturated carbocycles. The Bertz CT molecular complexity index is 4310. The van der Waals surface area contributed by atoms with E-state index in [0.717, 1.165) is 44.9 Å². The molecule has 0 radical (unpaired) electrons. The summed E-state index contributed by atoms with van der Waals surface area (Å²) >= 11 is 0. The number of nitrogens with zero attached hydrogens (tertiary/aromatic N) is 2. The average Bonchev–Trinajstić information content (AvgIpc) is 0.703. The van der Waals surface area contributed by atoms with E-state index in [9.17, 15) is 0 Å². The summed E-state index contributed by atoms with van der Waals surface area (Å²) in [6, 6.07) is 107. The molecule has 0 atom stereocenters. The van der Waals surface area contributed by atoms with Gasteiger partial charge in [0.05, 0.1) is 11.4 Å². The summed E-state index contributed by atoms with van der Waals surface area (Å²) in [4.78, 5) is 5.48. The highest BCUT2D eigenvalue weighted by Gasteiger charge is 2.45. The normalized spacial score (nSPS) is 12.2. The fourth-order valence-corrected chi connectivity index (χ4v) is 14.4. The highest BCUT2D eigenvalue weighted by Crippen LogP contribution is 2.54. The molecule has 2 aliphatic rings. The Balaban J connectivity index is 1.14. The number of aryl methyl sites for hydroxylation is 3. The van der Waals surface area contributed by atoms with E-state index in [-0.39, 0.29) is 6.71 Å². The van der Waals surface area contributed by atoms with Crippen molar-refractivity contribution in [2.24, 2.45) is 0 Å². The van der Waals surface area contributed by atoms with Gasteiger partial charge in [0, 0.05) is 45.0 Å². The van der Waals surface area contributed by atoms with Gasteiger partial charge in [0.15, 0.2) is 0 Å². The molecule has 2 heterocycles. The van der Waals surface area contributed by atoms with Crippen molar-refractivity contribution in [3.05, 3.63) is 296 Å². The van der Waals surface area contributed by atoms with Crippen molar-refractivity contribution in [3.8, 4) is 77.9 Å². The summed E-state index contributed by atoms with van der Waals surface area (Å²) in [5.41, 5.74) is 32.2. The Morgan fingerprint density at radius 2 is 0.589 bits per heavy atom.